The number of carbonyl (C=O) groups is 2. The Hall–Kier alpha value is -1.84. The van der Waals surface area contributed by atoms with Gasteiger partial charge in [-0.1, -0.05) is 12.1 Å². The van der Waals surface area contributed by atoms with Gasteiger partial charge in [0.15, 0.2) is 0 Å². The van der Waals surface area contributed by atoms with Crippen molar-refractivity contribution in [3.8, 4) is 5.75 Å². The Balaban J connectivity index is 2.22. The van der Waals surface area contributed by atoms with Gasteiger partial charge in [-0.05, 0) is 31.9 Å². The Bertz CT molecular complexity index is 450. The maximum atomic E-state index is 11.3. The second kappa shape index (κ2) is 4.20. The smallest absolute Gasteiger partial charge is 0.348 e. The third kappa shape index (κ3) is 2.30. The molecule has 0 radical (unpaired) electrons. The standard InChI is InChI=1S/C13H14O4/c1-13(12(15)16,10-5-6-10)17-11-4-2-3-9(7-11)8-14/h2-4,7-8,10H,5-6H2,1H3,(H,15,16). The summed E-state index contributed by atoms with van der Waals surface area (Å²) in [5, 5.41) is 9.24. The summed E-state index contributed by atoms with van der Waals surface area (Å²) in [6.45, 7) is 1.58. The highest BCUT2D eigenvalue weighted by molar-refractivity contribution is 5.79. The SMILES string of the molecule is CC(Oc1cccc(C=O)c1)(C(=O)O)C1CC1. The first-order valence-corrected chi connectivity index (χ1v) is 5.54. The van der Waals surface area contributed by atoms with E-state index in [2.05, 4.69) is 0 Å². The average Bonchev–Trinajstić information content (AvgIpc) is 3.13. The average molecular weight is 234 g/mol. The van der Waals surface area contributed by atoms with Gasteiger partial charge < -0.3 is 9.84 Å². The Morgan fingerprint density at radius 1 is 1.53 bits per heavy atom. The van der Waals surface area contributed by atoms with Crippen LogP contribution < -0.4 is 4.74 Å². The van der Waals surface area contributed by atoms with Gasteiger partial charge in [0.1, 0.15) is 12.0 Å². The molecule has 2 rings (SSSR count). The minimum Gasteiger partial charge on any atom is -0.478 e. The lowest BCUT2D eigenvalue weighted by molar-refractivity contribution is -0.155. The van der Waals surface area contributed by atoms with Crippen LogP contribution in [0.5, 0.6) is 5.75 Å². The van der Waals surface area contributed by atoms with E-state index in [0.717, 1.165) is 12.8 Å². The van der Waals surface area contributed by atoms with Crippen molar-refractivity contribution in [2.45, 2.75) is 25.4 Å². The molecule has 1 unspecified atom stereocenters. The Morgan fingerprint density at radius 2 is 2.24 bits per heavy atom. The van der Waals surface area contributed by atoms with E-state index in [0.29, 0.717) is 17.6 Å². The second-order valence-electron chi connectivity index (χ2n) is 4.48. The number of carboxylic acid groups (broad SMARTS) is 1. The summed E-state index contributed by atoms with van der Waals surface area (Å²) >= 11 is 0. The number of aliphatic carboxylic acids is 1. The fourth-order valence-electron chi connectivity index (χ4n) is 1.83. The molecular weight excluding hydrogens is 220 g/mol. The van der Waals surface area contributed by atoms with Crippen LogP contribution in [0.1, 0.15) is 30.1 Å². The maximum absolute atomic E-state index is 11.3. The Kier molecular flexibility index (Phi) is 2.88. The molecule has 0 heterocycles. The molecule has 4 nitrogen and oxygen atoms in total. The van der Waals surface area contributed by atoms with Crippen LogP contribution in [0.2, 0.25) is 0 Å². The molecule has 1 saturated carbocycles. The van der Waals surface area contributed by atoms with Crippen LogP contribution in [0, 0.1) is 5.92 Å². The van der Waals surface area contributed by atoms with Crippen molar-refractivity contribution < 1.29 is 19.4 Å². The first-order chi connectivity index (χ1) is 8.06. The quantitative estimate of drug-likeness (QED) is 0.793. The normalized spacial score (nSPS) is 18.2. The van der Waals surface area contributed by atoms with Gasteiger partial charge in [0.2, 0.25) is 5.60 Å². The molecule has 1 aliphatic rings. The van der Waals surface area contributed by atoms with E-state index >= 15 is 0 Å². The van der Waals surface area contributed by atoms with Crippen molar-refractivity contribution in [2.75, 3.05) is 0 Å². The number of carbonyl (C=O) groups excluding carboxylic acids is 1. The summed E-state index contributed by atoms with van der Waals surface area (Å²) in [6, 6.07) is 6.54. The molecule has 1 aromatic carbocycles. The van der Waals surface area contributed by atoms with Crippen molar-refractivity contribution in [3.63, 3.8) is 0 Å². The predicted molar refractivity (Wildman–Crippen MR) is 61.2 cm³/mol. The fraction of sp³-hybridized carbons (Fsp3) is 0.385. The van der Waals surface area contributed by atoms with E-state index in [1.807, 2.05) is 0 Å². The van der Waals surface area contributed by atoms with E-state index in [-0.39, 0.29) is 5.92 Å². The molecule has 0 spiro atoms. The van der Waals surface area contributed by atoms with Gasteiger partial charge in [-0.2, -0.15) is 0 Å². The summed E-state index contributed by atoms with van der Waals surface area (Å²) < 4.78 is 5.57. The third-order valence-corrected chi connectivity index (χ3v) is 3.11. The van der Waals surface area contributed by atoms with Crippen molar-refractivity contribution in [1.82, 2.24) is 0 Å². The highest BCUT2D eigenvalue weighted by atomic mass is 16.5. The molecule has 0 bridgehead atoms. The first kappa shape index (κ1) is 11.6. The number of carboxylic acids is 1. The van der Waals surface area contributed by atoms with Gasteiger partial charge in [0.05, 0.1) is 0 Å². The largest absolute Gasteiger partial charge is 0.478 e. The lowest BCUT2D eigenvalue weighted by Crippen LogP contribution is -2.43. The lowest BCUT2D eigenvalue weighted by atomic mass is 10.0. The highest BCUT2D eigenvalue weighted by Gasteiger charge is 2.49. The number of hydrogen-bond donors (Lipinski definition) is 1. The van der Waals surface area contributed by atoms with Crippen molar-refractivity contribution in [3.05, 3.63) is 29.8 Å². The van der Waals surface area contributed by atoms with Gasteiger partial charge in [-0.3, -0.25) is 4.79 Å². The van der Waals surface area contributed by atoms with E-state index in [1.54, 1.807) is 31.2 Å². The first-order valence-electron chi connectivity index (χ1n) is 5.54. The lowest BCUT2D eigenvalue weighted by Gasteiger charge is -2.26. The molecule has 90 valence electrons. The van der Waals surface area contributed by atoms with E-state index in [1.165, 1.54) is 0 Å². The van der Waals surface area contributed by atoms with Gasteiger partial charge in [0, 0.05) is 11.5 Å². The zero-order valence-electron chi connectivity index (χ0n) is 9.55. The van der Waals surface area contributed by atoms with Crippen LogP contribution in [-0.4, -0.2) is 23.0 Å². The second-order valence-corrected chi connectivity index (χ2v) is 4.48. The number of ether oxygens (including phenoxy) is 1. The summed E-state index contributed by atoms with van der Waals surface area (Å²) in [7, 11) is 0. The zero-order chi connectivity index (χ0) is 12.5. The van der Waals surface area contributed by atoms with E-state index in [9.17, 15) is 14.7 Å². The van der Waals surface area contributed by atoms with Crippen LogP contribution in [0.25, 0.3) is 0 Å². The summed E-state index contributed by atoms with van der Waals surface area (Å²) in [5.41, 5.74) is -0.715. The van der Waals surface area contributed by atoms with Crippen molar-refractivity contribution in [2.24, 2.45) is 5.92 Å². The molecule has 0 aromatic heterocycles. The molecule has 0 saturated heterocycles. The molecule has 17 heavy (non-hydrogen) atoms. The Labute approximate surface area is 99.2 Å². The summed E-state index contributed by atoms with van der Waals surface area (Å²) in [5.74, 6) is -0.484. The minimum absolute atomic E-state index is 0.0555. The molecule has 0 amide bonds. The molecule has 4 heteroatoms. The van der Waals surface area contributed by atoms with E-state index < -0.39 is 11.6 Å². The van der Waals surface area contributed by atoms with Crippen LogP contribution in [0.4, 0.5) is 0 Å². The molecule has 1 atom stereocenters. The Morgan fingerprint density at radius 3 is 2.76 bits per heavy atom. The zero-order valence-corrected chi connectivity index (χ0v) is 9.55. The monoisotopic (exact) mass is 234 g/mol. The molecule has 1 fully saturated rings. The van der Waals surface area contributed by atoms with Gasteiger partial charge in [0.25, 0.3) is 0 Å². The molecular formula is C13H14O4. The van der Waals surface area contributed by atoms with Crippen LogP contribution >= 0.6 is 0 Å². The highest BCUT2D eigenvalue weighted by Crippen LogP contribution is 2.42. The minimum atomic E-state index is -1.19. The third-order valence-electron chi connectivity index (χ3n) is 3.11. The van der Waals surface area contributed by atoms with Crippen LogP contribution in [0.3, 0.4) is 0 Å². The molecule has 1 aromatic rings. The van der Waals surface area contributed by atoms with Crippen molar-refractivity contribution in [1.29, 1.82) is 0 Å². The topological polar surface area (TPSA) is 63.6 Å². The number of benzene rings is 1. The van der Waals surface area contributed by atoms with Gasteiger partial charge >= 0.3 is 5.97 Å². The molecule has 1 aliphatic carbocycles. The number of rotatable bonds is 5. The molecule has 1 N–H and O–H groups in total. The van der Waals surface area contributed by atoms with E-state index in [4.69, 9.17) is 4.74 Å². The van der Waals surface area contributed by atoms with Crippen molar-refractivity contribution >= 4 is 12.3 Å². The van der Waals surface area contributed by atoms with Crippen LogP contribution in [-0.2, 0) is 4.79 Å². The van der Waals surface area contributed by atoms with Crippen LogP contribution in [0.15, 0.2) is 24.3 Å². The summed E-state index contributed by atoms with van der Waals surface area (Å²) in [6.07, 6.45) is 2.45. The maximum Gasteiger partial charge on any atom is 0.348 e. The van der Waals surface area contributed by atoms with Gasteiger partial charge in [-0.15, -0.1) is 0 Å². The number of aldehydes is 1. The summed E-state index contributed by atoms with van der Waals surface area (Å²) in [4.78, 5) is 21.9. The molecule has 0 aliphatic heterocycles. The van der Waals surface area contributed by atoms with Gasteiger partial charge in [-0.25, -0.2) is 4.79 Å². The number of hydrogen-bond acceptors (Lipinski definition) is 3. The fourth-order valence-corrected chi connectivity index (χ4v) is 1.83. The predicted octanol–water partition coefficient (Wildman–Crippen LogP) is 2.13.